The second kappa shape index (κ2) is 9.95. The van der Waals surface area contributed by atoms with E-state index in [9.17, 15) is 9.59 Å². The Morgan fingerprint density at radius 2 is 1.69 bits per heavy atom. The summed E-state index contributed by atoms with van der Waals surface area (Å²) in [4.78, 5) is 25.4. The molecule has 4 aromatic rings. The van der Waals surface area contributed by atoms with Crippen LogP contribution in [0.15, 0.2) is 80.8 Å². The van der Waals surface area contributed by atoms with Crippen molar-refractivity contribution in [2.24, 2.45) is 5.10 Å². The van der Waals surface area contributed by atoms with Gasteiger partial charge in [0, 0.05) is 30.3 Å². The van der Waals surface area contributed by atoms with E-state index in [1.54, 1.807) is 30.5 Å². The van der Waals surface area contributed by atoms with Crippen LogP contribution in [0.1, 0.15) is 25.6 Å². The zero-order valence-corrected chi connectivity index (χ0v) is 21.0. The van der Waals surface area contributed by atoms with E-state index < -0.39 is 0 Å². The van der Waals surface area contributed by atoms with Gasteiger partial charge < -0.3 is 5.32 Å². The summed E-state index contributed by atoms with van der Waals surface area (Å²) in [6.45, 7) is 0. The third-order valence-electron chi connectivity index (χ3n) is 4.43. The molecule has 160 valence electrons. The Morgan fingerprint density at radius 3 is 2.44 bits per heavy atom. The number of hydrogen-bond donors (Lipinski definition) is 2. The second-order valence-corrected chi connectivity index (χ2v) is 9.93. The average Bonchev–Trinajstić information content (AvgIpc) is 3.10. The predicted octanol–water partition coefficient (Wildman–Crippen LogP) is 7.10. The molecule has 0 aliphatic carbocycles. The largest absolute Gasteiger partial charge is 0.321 e. The van der Waals surface area contributed by atoms with Crippen LogP contribution in [0.3, 0.4) is 0 Å². The van der Waals surface area contributed by atoms with Crippen molar-refractivity contribution in [2.45, 2.75) is 0 Å². The number of hydrogen-bond acceptors (Lipinski definition) is 4. The number of amides is 2. The molecular formula is C23H14Br2ClN3O2S. The van der Waals surface area contributed by atoms with Crippen LogP contribution in [0.5, 0.6) is 0 Å². The molecule has 9 heteroatoms. The molecule has 0 fully saturated rings. The highest BCUT2D eigenvalue weighted by atomic mass is 79.9. The zero-order chi connectivity index (χ0) is 22.7. The van der Waals surface area contributed by atoms with E-state index in [1.807, 2.05) is 42.5 Å². The van der Waals surface area contributed by atoms with Crippen LogP contribution in [0, 0.1) is 0 Å². The Bertz CT molecular complexity index is 1350. The summed E-state index contributed by atoms with van der Waals surface area (Å²) >= 11 is 14.5. The first kappa shape index (κ1) is 22.7. The van der Waals surface area contributed by atoms with E-state index in [-0.39, 0.29) is 11.8 Å². The minimum atomic E-state index is -0.354. The number of halogens is 3. The lowest BCUT2D eigenvalue weighted by Gasteiger charge is -2.05. The van der Waals surface area contributed by atoms with Crippen LogP contribution in [0.2, 0.25) is 5.02 Å². The standard InChI is InChI=1S/C23H14Br2ClN3O2S/c24-15-3-1-2-13(10-15)12-27-29-22(30)14-4-7-17(8-5-14)28-23(31)21-20(26)18-9-6-16(25)11-19(18)32-21/h1-12H,(H,28,31)(H,29,30)/b27-12-. The molecule has 1 aromatic heterocycles. The van der Waals surface area contributed by atoms with Gasteiger partial charge in [0.25, 0.3) is 11.8 Å². The van der Waals surface area contributed by atoms with Crippen LogP contribution in [0.4, 0.5) is 5.69 Å². The minimum absolute atomic E-state index is 0.303. The van der Waals surface area contributed by atoms with Gasteiger partial charge in [0.2, 0.25) is 0 Å². The molecule has 0 aliphatic heterocycles. The molecule has 2 amide bonds. The van der Waals surface area contributed by atoms with Gasteiger partial charge >= 0.3 is 0 Å². The number of hydrazone groups is 1. The predicted molar refractivity (Wildman–Crippen MR) is 138 cm³/mol. The van der Waals surface area contributed by atoms with Crippen molar-refractivity contribution >= 4 is 88.6 Å². The monoisotopic (exact) mass is 589 g/mol. The van der Waals surface area contributed by atoms with Gasteiger partial charge in [-0.05, 0) is 54.1 Å². The molecule has 0 aliphatic rings. The molecule has 0 atom stereocenters. The first-order valence-corrected chi connectivity index (χ1v) is 12.1. The third kappa shape index (κ3) is 5.27. The SMILES string of the molecule is O=C(N/N=C\c1cccc(Br)c1)c1ccc(NC(=O)c2sc3cc(Br)ccc3c2Cl)cc1. The van der Waals surface area contributed by atoms with E-state index in [4.69, 9.17) is 11.6 Å². The van der Waals surface area contributed by atoms with Gasteiger partial charge in [-0.15, -0.1) is 11.3 Å². The summed E-state index contributed by atoms with van der Waals surface area (Å²) in [7, 11) is 0. The normalized spacial score (nSPS) is 11.1. The fourth-order valence-electron chi connectivity index (χ4n) is 2.89. The molecule has 1 heterocycles. The van der Waals surface area contributed by atoms with E-state index in [0.717, 1.165) is 24.6 Å². The average molecular weight is 592 g/mol. The molecule has 4 rings (SSSR count). The highest BCUT2D eigenvalue weighted by Crippen LogP contribution is 2.37. The molecule has 32 heavy (non-hydrogen) atoms. The molecule has 2 N–H and O–H groups in total. The quantitative estimate of drug-likeness (QED) is 0.192. The number of benzene rings is 3. The van der Waals surface area contributed by atoms with Crippen molar-refractivity contribution in [1.82, 2.24) is 5.43 Å². The highest BCUT2D eigenvalue weighted by molar-refractivity contribution is 9.10. The molecule has 0 spiro atoms. The molecule has 5 nitrogen and oxygen atoms in total. The maximum Gasteiger partial charge on any atom is 0.271 e. The minimum Gasteiger partial charge on any atom is -0.321 e. The number of carbonyl (C=O) groups is 2. The van der Waals surface area contributed by atoms with Crippen molar-refractivity contribution in [3.63, 3.8) is 0 Å². The summed E-state index contributed by atoms with van der Waals surface area (Å²) in [5.74, 6) is -0.657. The number of thiophene rings is 1. The summed E-state index contributed by atoms with van der Waals surface area (Å²) in [6.07, 6.45) is 1.56. The van der Waals surface area contributed by atoms with Crippen LogP contribution in [-0.2, 0) is 0 Å². The van der Waals surface area contributed by atoms with Gasteiger partial charge in [0.1, 0.15) is 4.88 Å². The molecule has 0 unspecified atom stereocenters. The Hall–Kier alpha value is -2.52. The maximum absolute atomic E-state index is 12.7. The summed E-state index contributed by atoms with van der Waals surface area (Å²) in [6, 6.07) is 19.8. The fraction of sp³-hybridized carbons (Fsp3) is 0. The number of carbonyl (C=O) groups excluding carboxylic acids is 2. The van der Waals surface area contributed by atoms with Crippen LogP contribution >= 0.6 is 54.8 Å². The highest BCUT2D eigenvalue weighted by Gasteiger charge is 2.17. The molecule has 3 aromatic carbocycles. The van der Waals surface area contributed by atoms with Gasteiger partial charge in [-0.1, -0.05) is 61.7 Å². The van der Waals surface area contributed by atoms with Crippen molar-refractivity contribution in [3.8, 4) is 0 Å². The molecule has 0 bridgehead atoms. The molecule has 0 saturated heterocycles. The Balaban J connectivity index is 1.40. The Labute approximate surface area is 209 Å². The maximum atomic E-state index is 12.7. The number of nitrogens with zero attached hydrogens (tertiary/aromatic N) is 1. The smallest absolute Gasteiger partial charge is 0.271 e. The number of anilines is 1. The second-order valence-electron chi connectivity index (χ2n) is 6.67. The summed E-state index contributed by atoms with van der Waals surface area (Å²) in [5, 5.41) is 8.05. The van der Waals surface area contributed by atoms with Crippen molar-refractivity contribution in [2.75, 3.05) is 5.32 Å². The van der Waals surface area contributed by atoms with Crippen molar-refractivity contribution in [1.29, 1.82) is 0 Å². The van der Waals surface area contributed by atoms with Crippen LogP contribution < -0.4 is 10.7 Å². The van der Waals surface area contributed by atoms with Crippen LogP contribution in [0.25, 0.3) is 10.1 Å². The molecular weight excluding hydrogens is 578 g/mol. The first-order valence-electron chi connectivity index (χ1n) is 9.28. The fourth-order valence-corrected chi connectivity index (χ4v) is 5.28. The Kier molecular flexibility index (Phi) is 7.05. The lowest BCUT2D eigenvalue weighted by Crippen LogP contribution is -2.17. The number of rotatable bonds is 5. The summed E-state index contributed by atoms with van der Waals surface area (Å²) < 4.78 is 2.77. The zero-order valence-electron chi connectivity index (χ0n) is 16.2. The van der Waals surface area contributed by atoms with E-state index in [2.05, 4.69) is 47.7 Å². The van der Waals surface area contributed by atoms with E-state index in [1.165, 1.54) is 11.3 Å². The Morgan fingerprint density at radius 1 is 0.938 bits per heavy atom. The lowest BCUT2D eigenvalue weighted by atomic mass is 10.2. The van der Waals surface area contributed by atoms with Crippen molar-refractivity contribution < 1.29 is 9.59 Å². The van der Waals surface area contributed by atoms with Crippen molar-refractivity contribution in [3.05, 3.63) is 96.7 Å². The van der Waals surface area contributed by atoms with Gasteiger partial charge in [-0.2, -0.15) is 5.10 Å². The van der Waals surface area contributed by atoms with E-state index >= 15 is 0 Å². The topological polar surface area (TPSA) is 70.6 Å². The van der Waals surface area contributed by atoms with Gasteiger partial charge in [0.15, 0.2) is 0 Å². The third-order valence-corrected chi connectivity index (χ3v) is 7.07. The van der Waals surface area contributed by atoms with E-state index in [0.29, 0.717) is 21.2 Å². The molecule has 0 radical (unpaired) electrons. The number of nitrogens with one attached hydrogen (secondary N) is 2. The van der Waals surface area contributed by atoms with Crippen LogP contribution in [-0.4, -0.2) is 18.0 Å². The molecule has 0 saturated carbocycles. The first-order chi connectivity index (χ1) is 15.4. The van der Waals surface area contributed by atoms with Gasteiger partial charge in [-0.3, -0.25) is 9.59 Å². The lowest BCUT2D eigenvalue weighted by molar-refractivity contribution is 0.0954. The number of fused-ring (bicyclic) bond motifs is 1. The van der Waals surface area contributed by atoms with Gasteiger partial charge in [-0.25, -0.2) is 5.43 Å². The summed E-state index contributed by atoms with van der Waals surface area (Å²) in [5.41, 5.74) is 4.31. The van der Waals surface area contributed by atoms with Gasteiger partial charge in [0.05, 0.1) is 11.2 Å².